The lowest BCUT2D eigenvalue weighted by Gasteiger charge is -2.23. The Hall–Kier alpha value is -0.610. The van der Waals surface area contributed by atoms with E-state index in [0.717, 1.165) is 29.7 Å². The third-order valence-electron chi connectivity index (χ3n) is 3.12. The van der Waals surface area contributed by atoms with Gasteiger partial charge >= 0.3 is 0 Å². The second kappa shape index (κ2) is 5.83. The van der Waals surface area contributed by atoms with Gasteiger partial charge in [0.1, 0.15) is 5.82 Å². The second-order valence-corrected chi connectivity index (χ2v) is 5.50. The Morgan fingerprint density at radius 3 is 2.82 bits per heavy atom. The molecule has 0 radical (unpaired) electrons. The Balaban J connectivity index is 2.06. The number of hydrogen-bond donors (Lipinski definition) is 1. The zero-order valence-electron chi connectivity index (χ0n) is 10.2. The fraction of sp³-hybridized carbons (Fsp3) is 0.615. The first kappa shape index (κ1) is 12.8. The van der Waals surface area contributed by atoms with Gasteiger partial charge in [0.05, 0.1) is 0 Å². The van der Waals surface area contributed by atoms with E-state index in [1.54, 1.807) is 0 Å². The first-order valence-electron chi connectivity index (χ1n) is 6.22. The summed E-state index contributed by atoms with van der Waals surface area (Å²) < 4.78 is 1.06. The van der Waals surface area contributed by atoms with E-state index in [1.807, 2.05) is 6.20 Å². The van der Waals surface area contributed by atoms with Gasteiger partial charge in [0, 0.05) is 29.9 Å². The molecule has 0 atom stereocenters. The molecule has 1 aromatic heterocycles. The predicted octanol–water partition coefficient (Wildman–Crippen LogP) is 2.89. The molecule has 0 aliphatic heterocycles. The number of rotatable bonds is 6. The minimum Gasteiger partial charge on any atom is -0.396 e. The molecule has 0 saturated heterocycles. The lowest BCUT2D eigenvalue weighted by molar-refractivity contribution is 0.285. The van der Waals surface area contributed by atoms with Crippen LogP contribution in [0.1, 0.15) is 31.2 Å². The molecule has 0 bridgehead atoms. The lowest BCUT2D eigenvalue weighted by atomic mass is 10.2. The van der Waals surface area contributed by atoms with E-state index in [2.05, 4.69) is 38.8 Å². The Morgan fingerprint density at radius 1 is 1.47 bits per heavy atom. The SMILES string of the molecule is Cc1cc(N(CCCCO)C2CC2)ncc1Br. The van der Waals surface area contributed by atoms with Crippen molar-refractivity contribution in [2.45, 2.75) is 38.6 Å². The van der Waals surface area contributed by atoms with Crippen LogP contribution in [0.2, 0.25) is 0 Å². The van der Waals surface area contributed by atoms with E-state index >= 15 is 0 Å². The molecule has 1 saturated carbocycles. The van der Waals surface area contributed by atoms with Gasteiger partial charge in [-0.05, 0) is 60.2 Å². The van der Waals surface area contributed by atoms with Crippen molar-refractivity contribution in [3.63, 3.8) is 0 Å². The van der Waals surface area contributed by atoms with Crippen molar-refractivity contribution >= 4 is 21.7 Å². The Morgan fingerprint density at radius 2 is 2.24 bits per heavy atom. The van der Waals surface area contributed by atoms with Gasteiger partial charge in [0.15, 0.2) is 0 Å². The molecule has 0 amide bonds. The number of aliphatic hydroxyl groups is 1. The van der Waals surface area contributed by atoms with Crippen molar-refractivity contribution in [1.82, 2.24) is 4.98 Å². The van der Waals surface area contributed by atoms with Gasteiger partial charge in [0.2, 0.25) is 0 Å². The van der Waals surface area contributed by atoms with Gasteiger partial charge < -0.3 is 10.0 Å². The molecule has 4 heteroatoms. The average molecular weight is 299 g/mol. The van der Waals surface area contributed by atoms with Crippen LogP contribution >= 0.6 is 15.9 Å². The van der Waals surface area contributed by atoms with Gasteiger partial charge in [-0.1, -0.05) is 0 Å². The highest BCUT2D eigenvalue weighted by atomic mass is 79.9. The van der Waals surface area contributed by atoms with Gasteiger partial charge in [-0.3, -0.25) is 0 Å². The van der Waals surface area contributed by atoms with Gasteiger partial charge in [-0.15, -0.1) is 0 Å². The molecule has 1 aliphatic rings. The maximum Gasteiger partial charge on any atom is 0.129 e. The number of anilines is 1. The van der Waals surface area contributed by atoms with Crippen LogP contribution in [0.4, 0.5) is 5.82 Å². The largest absolute Gasteiger partial charge is 0.396 e. The van der Waals surface area contributed by atoms with E-state index in [9.17, 15) is 0 Å². The topological polar surface area (TPSA) is 36.4 Å². The Bertz CT molecular complexity index is 380. The van der Waals surface area contributed by atoms with Crippen LogP contribution < -0.4 is 4.90 Å². The van der Waals surface area contributed by atoms with E-state index < -0.39 is 0 Å². The minimum absolute atomic E-state index is 0.283. The lowest BCUT2D eigenvalue weighted by Crippen LogP contribution is -2.28. The van der Waals surface area contributed by atoms with Crippen molar-refractivity contribution in [3.05, 3.63) is 22.3 Å². The minimum atomic E-state index is 0.283. The summed E-state index contributed by atoms with van der Waals surface area (Å²) in [6.45, 7) is 3.37. The van der Waals surface area contributed by atoms with Crippen molar-refractivity contribution in [2.24, 2.45) is 0 Å². The molecule has 1 aromatic rings. The quantitative estimate of drug-likeness (QED) is 0.821. The van der Waals surface area contributed by atoms with Crippen molar-refractivity contribution in [1.29, 1.82) is 0 Å². The van der Waals surface area contributed by atoms with E-state index in [4.69, 9.17) is 5.11 Å². The number of nitrogens with zero attached hydrogens (tertiary/aromatic N) is 2. The highest BCUT2D eigenvalue weighted by Crippen LogP contribution is 2.32. The molecule has 1 fully saturated rings. The fourth-order valence-corrected chi connectivity index (χ4v) is 2.16. The number of aromatic nitrogens is 1. The van der Waals surface area contributed by atoms with Crippen LogP contribution in [0.25, 0.3) is 0 Å². The molecular formula is C13H19BrN2O. The molecule has 2 rings (SSSR count). The summed E-state index contributed by atoms with van der Waals surface area (Å²) in [6, 6.07) is 2.81. The van der Waals surface area contributed by atoms with Crippen molar-refractivity contribution in [2.75, 3.05) is 18.1 Å². The van der Waals surface area contributed by atoms with Crippen molar-refractivity contribution < 1.29 is 5.11 Å². The first-order valence-corrected chi connectivity index (χ1v) is 7.01. The summed E-state index contributed by atoms with van der Waals surface area (Å²) >= 11 is 3.48. The highest BCUT2D eigenvalue weighted by Gasteiger charge is 2.29. The number of aliphatic hydroxyl groups excluding tert-OH is 1. The highest BCUT2D eigenvalue weighted by molar-refractivity contribution is 9.10. The maximum atomic E-state index is 8.84. The number of hydrogen-bond acceptors (Lipinski definition) is 3. The Labute approximate surface area is 111 Å². The standard InChI is InChI=1S/C13H19BrN2O/c1-10-8-13(15-9-12(10)14)16(11-4-5-11)6-2-3-7-17/h8-9,11,17H,2-7H2,1H3. The predicted molar refractivity (Wildman–Crippen MR) is 73.4 cm³/mol. The second-order valence-electron chi connectivity index (χ2n) is 4.65. The van der Waals surface area contributed by atoms with Crippen LogP contribution in [0.5, 0.6) is 0 Å². The normalized spacial score (nSPS) is 15.0. The zero-order chi connectivity index (χ0) is 12.3. The van der Waals surface area contributed by atoms with Crippen LogP contribution in [0, 0.1) is 6.92 Å². The van der Waals surface area contributed by atoms with E-state index in [1.165, 1.54) is 18.4 Å². The summed E-state index contributed by atoms with van der Waals surface area (Å²) in [4.78, 5) is 6.88. The first-order chi connectivity index (χ1) is 8.22. The van der Waals surface area contributed by atoms with E-state index in [-0.39, 0.29) is 6.61 Å². The summed E-state index contributed by atoms with van der Waals surface area (Å²) in [6.07, 6.45) is 6.33. The van der Waals surface area contributed by atoms with Crippen LogP contribution in [0.3, 0.4) is 0 Å². The summed E-state index contributed by atoms with van der Waals surface area (Å²) in [5, 5.41) is 8.84. The molecule has 94 valence electrons. The number of unbranched alkanes of at least 4 members (excludes halogenated alkanes) is 1. The molecule has 1 aliphatic carbocycles. The molecule has 1 heterocycles. The third-order valence-corrected chi connectivity index (χ3v) is 3.95. The summed E-state index contributed by atoms with van der Waals surface area (Å²) in [5.74, 6) is 1.08. The molecule has 0 unspecified atom stereocenters. The molecule has 0 spiro atoms. The third kappa shape index (κ3) is 3.42. The number of halogens is 1. The monoisotopic (exact) mass is 298 g/mol. The number of pyridine rings is 1. The smallest absolute Gasteiger partial charge is 0.129 e. The van der Waals surface area contributed by atoms with Crippen molar-refractivity contribution in [3.8, 4) is 0 Å². The fourth-order valence-electron chi connectivity index (χ4n) is 1.95. The van der Waals surface area contributed by atoms with Crippen LogP contribution in [-0.4, -0.2) is 29.3 Å². The maximum absolute atomic E-state index is 8.84. The van der Waals surface area contributed by atoms with E-state index in [0.29, 0.717) is 6.04 Å². The summed E-state index contributed by atoms with van der Waals surface area (Å²) in [5.41, 5.74) is 1.22. The number of aryl methyl sites for hydroxylation is 1. The molecule has 17 heavy (non-hydrogen) atoms. The average Bonchev–Trinajstić information content (AvgIpc) is 3.13. The molecule has 3 nitrogen and oxygen atoms in total. The molecular weight excluding hydrogens is 280 g/mol. The Kier molecular flexibility index (Phi) is 4.40. The zero-order valence-corrected chi connectivity index (χ0v) is 11.8. The van der Waals surface area contributed by atoms with Gasteiger partial charge in [0.25, 0.3) is 0 Å². The molecule has 1 N–H and O–H groups in total. The van der Waals surface area contributed by atoms with Crippen LogP contribution in [-0.2, 0) is 0 Å². The van der Waals surface area contributed by atoms with Gasteiger partial charge in [-0.2, -0.15) is 0 Å². The van der Waals surface area contributed by atoms with Gasteiger partial charge in [-0.25, -0.2) is 4.98 Å². The molecule has 0 aromatic carbocycles. The van der Waals surface area contributed by atoms with Crippen LogP contribution in [0.15, 0.2) is 16.7 Å². The summed E-state index contributed by atoms with van der Waals surface area (Å²) in [7, 11) is 0.